The summed E-state index contributed by atoms with van der Waals surface area (Å²) in [6.07, 6.45) is 6.98. The highest BCUT2D eigenvalue weighted by Crippen LogP contribution is 2.28. The monoisotopic (exact) mass is 169 g/mol. The second-order valence-electron chi connectivity index (χ2n) is 4.15. The molecule has 0 spiro atoms. The van der Waals surface area contributed by atoms with Crippen molar-refractivity contribution in [3.05, 3.63) is 0 Å². The predicted octanol–water partition coefficient (Wildman–Crippen LogP) is 2.91. The SMILES string of the molecule is CCCC[C@@H]1[C@H](CC)CCN1C. The van der Waals surface area contributed by atoms with Gasteiger partial charge in [0.25, 0.3) is 0 Å². The van der Waals surface area contributed by atoms with E-state index in [1.165, 1.54) is 38.6 Å². The summed E-state index contributed by atoms with van der Waals surface area (Å²) in [7, 11) is 2.29. The van der Waals surface area contributed by atoms with Crippen LogP contribution in [-0.2, 0) is 0 Å². The fourth-order valence-corrected chi connectivity index (χ4v) is 2.43. The molecule has 0 aliphatic carbocycles. The lowest BCUT2D eigenvalue weighted by atomic mass is 9.94. The summed E-state index contributed by atoms with van der Waals surface area (Å²) in [5.74, 6) is 0.988. The molecule has 0 aromatic carbocycles. The molecule has 0 saturated carbocycles. The predicted molar refractivity (Wildman–Crippen MR) is 54.3 cm³/mol. The lowest BCUT2D eigenvalue weighted by Crippen LogP contribution is -2.28. The van der Waals surface area contributed by atoms with Gasteiger partial charge in [0, 0.05) is 6.04 Å². The van der Waals surface area contributed by atoms with Gasteiger partial charge in [0.2, 0.25) is 0 Å². The van der Waals surface area contributed by atoms with Crippen molar-refractivity contribution in [2.24, 2.45) is 5.92 Å². The first-order valence-corrected chi connectivity index (χ1v) is 5.49. The Kier molecular flexibility index (Phi) is 4.07. The molecule has 1 heteroatoms. The van der Waals surface area contributed by atoms with E-state index in [0.717, 1.165) is 12.0 Å². The van der Waals surface area contributed by atoms with Crippen LogP contribution in [0.1, 0.15) is 46.0 Å². The second kappa shape index (κ2) is 4.86. The number of unbranched alkanes of at least 4 members (excludes halogenated alkanes) is 1. The number of hydrogen-bond acceptors (Lipinski definition) is 1. The molecule has 0 aromatic rings. The summed E-state index contributed by atoms with van der Waals surface area (Å²) in [4.78, 5) is 2.56. The van der Waals surface area contributed by atoms with E-state index < -0.39 is 0 Å². The third-order valence-electron chi connectivity index (χ3n) is 3.34. The molecule has 0 unspecified atom stereocenters. The molecule has 1 aliphatic heterocycles. The van der Waals surface area contributed by atoms with Gasteiger partial charge in [-0.25, -0.2) is 0 Å². The maximum atomic E-state index is 2.56. The lowest BCUT2D eigenvalue weighted by Gasteiger charge is -2.23. The van der Waals surface area contributed by atoms with E-state index >= 15 is 0 Å². The van der Waals surface area contributed by atoms with E-state index in [2.05, 4.69) is 25.8 Å². The molecule has 1 rings (SSSR count). The van der Waals surface area contributed by atoms with E-state index in [9.17, 15) is 0 Å². The quantitative estimate of drug-likeness (QED) is 0.625. The standard InChI is InChI=1S/C11H23N/c1-4-6-7-11-10(5-2)8-9-12(11)3/h10-11H,4-9H2,1-3H3/t10-,11-/m1/s1. The van der Waals surface area contributed by atoms with E-state index in [1.54, 1.807) is 0 Å². The Bertz CT molecular complexity index is 122. The van der Waals surface area contributed by atoms with Crippen LogP contribution < -0.4 is 0 Å². The molecule has 0 bridgehead atoms. The summed E-state index contributed by atoms with van der Waals surface area (Å²) in [5.41, 5.74) is 0. The zero-order valence-corrected chi connectivity index (χ0v) is 8.84. The van der Waals surface area contributed by atoms with E-state index in [4.69, 9.17) is 0 Å². The Balaban J connectivity index is 2.35. The Labute approximate surface area is 77.1 Å². The molecule has 0 N–H and O–H groups in total. The van der Waals surface area contributed by atoms with Crippen LogP contribution in [0.15, 0.2) is 0 Å². The molecule has 72 valence electrons. The van der Waals surface area contributed by atoms with Crippen LogP contribution >= 0.6 is 0 Å². The first kappa shape index (κ1) is 10.0. The Hall–Kier alpha value is -0.0400. The van der Waals surface area contributed by atoms with Crippen molar-refractivity contribution in [3.8, 4) is 0 Å². The van der Waals surface area contributed by atoms with Gasteiger partial charge in [0.05, 0.1) is 0 Å². The molecule has 12 heavy (non-hydrogen) atoms. The van der Waals surface area contributed by atoms with Crippen LogP contribution in [0, 0.1) is 5.92 Å². The fraction of sp³-hybridized carbons (Fsp3) is 1.00. The van der Waals surface area contributed by atoms with Gasteiger partial charge in [-0.3, -0.25) is 0 Å². The molecule has 0 radical (unpaired) electrons. The maximum Gasteiger partial charge on any atom is 0.0121 e. The van der Waals surface area contributed by atoms with Crippen molar-refractivity contribution in [2.45, 2.75) is 52.0 Å². The van der Waals surface area contributed by atoms with Gasteiger partial charge in [-0.1, -0.05) is 33.1 Å². The van der Waals surface area contributed by atoms with Crippen LogP contribution in [0.2, 0.25) is 0 Å². The molecule has 1 aliphatic rings. The molecule has 1 nitrogen and oxygen atoms in total. The van der Waals surface area contributed by atoms with E-state index in [1.807, 2.05) is 0 Å². The van der Waals surface area contributed by atoms with Crippen molar-refractivity contribution in [3.63, 3.8) is 0 Å². The number of rotatable bonds is 4. The molecular formula is C11H23N. The van der Waals surface area contributed by atoms with Crippen LogP contribution in [0.25, 0.3) is 0 Å². The second-order valence-corrected chi connectivity index (χ2v) is 4.15. The third kappa shape index (κ3) is 2.22. The summed E-state index contributed by atoms with van der Waals surface area (Å²) < 4.78 is 0. The van der Waals surface area contributed by atoms with Gasteiger partial charge >= 0.3 is 0 Å². The summed E-state index contributed by atoms with van der Waals surface area (Å²) in [6.45, 7) is 5.95. The summed E-state index contributed by atoms with van der Waals surface area (Å²) >= 11 is 0. The van der Waals surface area contributed by atoms with Crippen LogP contribution in [-0.4, -0.2) is 24.5 Å². The zero-order chi connectivity index (χ0) is 8.97. The van der Waals surface area contributed by atoms with Crippen LogP contribution in [0.5, 0.6) is 0 Å². The minimum Gasteiger partial charge on any atom is -0.303 e. The normalized spacial score (nSPS) is 31.2. The molecule has 0 aromatic heterocycles. The molecule has 1 heterocycles. The molecule has 1 fully saturated rings. The minimum absolute atomic E-state index is 0.898. The van der Waals surface area contributed by atoms with Gasteiger partial charge in [-0.05, 0) is 32.4 Å². The largest absolute Gasteiger partial charge is 0.303 e. The summed E-state index contributed by atoms with van der Waals surface area (Å²) in [6, 6.07) is 0.898. The van der Waals surface area contributed by atoms with Gasteiger partial charge in [0.1, 0.15) is 0 Å². The van der Waals surface area contributed by atoms with Crippen molar-refractivity contribution in [1.29, 1.82) is 0 Å². The van der Waals surface area contributed by atoms with Crippen molar-refractivity contribution < 1.29 is 0 Å². The lowest BCUT2D eigenvalue weighted by molar-refractivity contribution is 0.249. The van der Waals surface area contributed by atoms with Crippen molar-refractivity contribution >= 4 is 0 Å². The number of likely N-dealkylation sites (tertiary alicyclic amines) is 1. The highest BCUT2D eigenvalue weighted by Gasteiger charge is 2.29. The minimum atomic E-state index is 0.898. The molecule has 0 amide bonds. The van der Waals surface area contributed by atoms with E-state index in [-0.39, 0.29) is 0 Å². The third-order valence-corrected chi connectivity index (χ3v) is 3.34. The maximum absolute atomic E-state index is 2.56. The summed E-state index contributed by atoms with van der Waals surface area (Å²) in [5, 5.41) is 0. The average Bonchev–Trinajstić information content (AvgIpc) is 2.43. The van der Waals surface area contributed by atoms with Crippen LogP contribution in [0.3, 0.4) is 0 Å². The Morgan fingerprint density at radius 3 is 2.67 bits per heavy atom. The first-order valence-electron chi connectivity index (χ1n) is 5.49. The van der Waals surface area contributed by atoms with Gasteiger partial charge in [-0.2, -0.15) is 0 Å². The number of nitrogens with zero attached hydrogens (tertiary/aromatic N) is 1. The van der Waals surface area contributed by atoms with E-state index in [0.29, 0.717) is 0 Å². The highest BCUT2D eigenvalue weighted by molar-refractivity contribution is 4.83. The molecule has 2 atom stereocenters. The van der Waals surface area contributed by atoms with Crippen molar-refractivity contribution in [2.75, 3.05) is 13.6 Å². The fourth-order valence-electron chi connectivity index (χ4n) is 2.43. The van der Waals surface area contributed by atoms with Crippen molar-refractivity contribution in [1.82, 2.24) is 4.90 Å². The smallest absolute Gasteiger partial charge is 0.0121 e. The molecular weight excluding hydrogens is 146 g/mol. The van der Waals surface area contributed by atoms with Gasteiger partial charge in [0.15, 0.2) is 0 Å². The Morgan fingerprint density at radius 2 is 2.08 bits per heavy atom. The highest BCUT2D eigenvalue weighted by atomic mass is 15.2. The topological polar surface area (TPSA) is 3.24 Å². The molecule has 1 saturated heterocycles. The average molecular weight is 169 g/mol. The van der Waals surface area contributed by atoms with Crippen LogP contribution in [0.4, 0.5) is 0 Å². The number of hydrogen-bond donors (Lipinski definition) is 0. The Morgan fingerprint density at radius 1 is 1.33 bits per heavy atom. The zero-order valence-electron chi connectivity index (χ0n) is 8.84. The van der Waals surface area contributed by atoms with Gasteiger partial charge in [-0.15, -0.1) is 0 Å². The van der Waals surface area contributed by atoms with Gasteiger partial charge < -0.3 is 4.90 Å². The first-order chi connectivity index (χ1) is 5.79.